The van der Waals surface area contributed by atoms with Crippen LogP contribution in [0.1, 0.15) is 46.1 Å². The lowest BCUT2D eigenvalue weighted by atomic mass is 9.85. The van der Waals surface area contributed by atoms with Gasteiger partial charge in [0.25, 0.3) is 0 Å². The molecule has 0 bridgehead atoms. The van der Waals surface area contributed by atoms with Crippen molar-refractivity contribution in [3.8, 4) is 0 Å². The van der Waals surface area contributed by atoms with E-state index in [-0.39, 0.29) is 0 Å². The Morgan fingerprint density at radius 2 is 1.63 bits per heavy atom. The maximum atomic E-state index is 10.5. The molecule has 2 rings (SSSR count). The van der Waals surface area contributed by atoms with Gasteiger partial charge in [-0.1, -0.05) is 51.4 Å². The lowest BCUT2D eigenvalue weighted by Crippen LogP contribution is -2.40. The zero-order chi connectivity index (χ0) is 14.9. The molecular weight excluding hydrogens is 258 g/mol. The molecule has 0 atom stereocenters. The van der Waals surface area contributed by atoms with Crippen molar-refractivity contribution in [2.45, 2.75) is 46.1 Å². The molecule has 0 aromatic heterocycles. The third kappa shape index (κ3) is 5.52. The fourth-order valence-electron chi connectivity index (χ4n) is 2.06. The van der Waals surface area contributed by atoms with Gasteiger partial charge in [-0.25, -0.2) is 0 Å². The van der Waals surface area contributed by atoms with E-state index >= 15 is 0 Å². The standard InChI is InChI=1S/C12H16ClNO.2C2H6/c1-14-7-5-12(15,6-8-14)10-3-2-4-11(13)9-10;2*1-2/h2-4,9,15H,5-8H2,1H3;2*1-2H3. The van der Waals surface area contributed by atoms with E-state index in [9.17, 15) is 5.11 Å². The molecule has 1 saturated heterocycles. The first kappa shape index (κ1) is 18.4. The fourth-order valence-corrected chi connectivity index (χ4v) is 2.25. The number of aliphatic hydroxyl groups is 1. The van der Waals surface area contributed by atoms with Crippen molar-refractivity contribution in [2.24, 2.45) is 0 Å². The Hall–Kier alpha value is -0.570. The predicted octanol–water partition coefficient (Wildman–Crippen LogP) is 4.31. The summed E-state index contributed by atoms with van der Waals surface area (Å²) in [6, 6.07) is 7.56. The summed E-state index contributed by atoms with van der Waals surface area (Å²) in [6.45, 7) is 9.87. The molecule has 2 nitrogen and oxygen atoms in total. The van der Waals surface area contributed by atoms with Crippen molar-refractivity contribution in [3.63, 3.8) is 0 Å². The molecular formula is C16H28ClNO. The smallest absolute Gasteiger partial charge is 0.0921 e. The van der Waals surface area contributed by atoms with E-state index in [2.05, 4.69) is 11.9 Å². The number of rotatable bonds is 1. The normalized spacial score (nSPS) is 17.6. The van der Waals surface area contributed by atoms with Crippen LogP contribution in [0, 0.1) is 0 Å². The Morgan fingerprint density at radius 3 is 2.11 bits per heavy atom. The molecule has 1 fully saturated rings. The molecule has 1 aliphatic rings. The molecule has 110 valence electrons. The SMILES string of the molecule is CC.CC.CN1CCC(O)(c2cccc(Cl)c2)CC1. The molecule has 19 heavy (non-hydrogen) atoms. The van der Waals surface area contributed by atoms with Gasteiger partial charge in [-0.05, 0) is 37.6 Å². The molecule has 1 heterocycles. The van der Waals surface area contributed by atoms with Crippen LogP contribution in [0.2, 0.25) is 5.02 Å². The lowest BCUT2D eigenvalue weighted by molar-refractivity contribution is -0.0203. The molecule has 1 N–H and O–H groups in total. The molecule has 0 unspecified atom stereocenters. The summed E-state index contributed by atoms with van der Waals surface area (Å²) in [4.78, 5) is 2.24. The Bertz CT molecular complexity index is 346. The third-order valence-electron chi connectivity index (χ3n) is 3.18. The van der Waals surface area contributed by atoms with Crippen LogP contribution < -0.4 is 0 Å². The number of hydrogen-bond donors (Lipinski definition) is 1. The average molecular weight is 286 g/mol. The number of benzene rings is 1. The first-order chi connectivity index (χ1) is 9.10. The van der Waals surface area contributed by atoms with E-state index in [0.717, 1.165) is 31.5 Å². The molecule has 0 radical (unpaired) electrons. The highest BCUT2D eigenvalue weighted by molar-refractivity contribution is 6.30. The highest BCUT2D eigenvalue weighted by Gasteiger charge is 2.32. The molecule has 1 aromatic carbocycles. The molecule has 1 aliphatic heterocycles. The van der Waals surface area contributed by atoms with Gasteiger partial charge in [-0.2, -0.15) is 0 Å². The number of halogens is 1. The Morgan fingerprint density at radius 1 is 1.11 bits per heavy atom. The van der Waals surface area contributed by atoms with E-state index < -0.39 is 5.60 Å². The fraction of sp³-hybridized carbons (Fsp3) is 0.625. The molecule has 1 aromatic rings. The highest BCUT2D eigenvalue weighted by Crippen LogP contribution is 2.33. The summed E-state index contributed by atoms with van der Waals surface area (Å²) in [7, 11) is 2.08. The van der Waals surface area contributed by atoms with Crippen LogP contribution in [0.5, 0.6) is 0 Å². The lowest BCUT2D eigenvalue weighted by Gasteiger charge is -2.37. The first-order valence-electron chi connectivity index (χ1n) is 7.27. The van der Waals surface area contributed by atoms with Crippen molar-refractivity contribution in [1.82, 2.24) is 4.90 Å². The zero-order valence-electron chi connectivity index (χ0n) is 12.9. The van der Waals surface area contributed by atoms with Gasteiger partial charge in [-0.3, -0.25) is 0 Å². The zero-order valence-corrected chi connectivity index (χ0v) is 13.7. The van der Waals surface area contributed by atoms with E-state index in [1.807, 2.05) is 52.0 Å². The van der Waals surface area contributed by atoms with E-state index in [1.165, 1.54) is 0 Å². The van der Waals surface area contributed by atoms with E-state index in [1.54, 1.807) is 0 Å². The number of piperidine rings is 1. The number of likely N-dealkylation sites (tertiary alicyclic amines) is 1. The van der Waals surface area contributed by atoms with Crippen molar-refractivity contribution in [1.29, 1.82) is 0 Å². The van der Waals surface area contributed by atoms with Crippen LogP contribution >= 0.6 is 11.6 Å². The monoisotopic (exact) mass is 285 g/mol. The summed E-state index contributed by atoms with van der Waals surface area (Å²) < 4.78 is 0. The van der Waals surface area contributed by atoms with E-state index in [4.69, 9.17) is 11.6 Å². The topological polar surface area (TPSA) is 23.5 Å². The van der Waals surface area contributed by atoms with Gasteiger partial charge in [0.15, 0.2) is 0 Å². The molecule has 0 saturated carbocycles. The van der Waals surface area contributed by atoms with Crippen LogP contribution in [0.3, 0.4) is 0 Å². The van der Waals surface area contributed by atoms with Crippen molar-refractivity contribution >= 4 is 11.6 Å². The van der Waals surface area contributed by atoms with Crippen molar-refractivity contribution < 1.29 is 5.11 Å². The van der Waals surface area contributed by atoms with Crippen LogP contribution in [0.25, 0.3) is 0 Å². The summed E-state index contributed by atoms with van der Waals surface area (Å²) in [5.41, 5.74) is 0.264. The Labute approximate surface area is 123 Å². The van der Waals surface area contributed by atoms with Crippen LogP contribution in [-0.2, 0) is 5.60 Å². The predicted molar refractivity (Wildman–Crippen MR) is 84.8 cm³/mol. The van der Waals surface area contributed by atoms with Gasteiger partial charge in [0.1, 0.15) is 0 Å². The van der Waals surface area contributed by atoms with Gasteiger partial charge < -0.3 is 10.0 Å². The largest absolute Gasteiger partial charge is 0.385 e. The van der Waals surface area contributed by atoms with Gasteiger partial charge in [0.05, 0.1) is 5.60 Å². The van der Waals surface area contributed by atoms with Gasteiger partial charge >= 0.3 is 0 Å². The first-order valence-corrected chi connectivity index (χ1v) is 7.65. The summed E-state index contributed by atoms with van der Waals surface area (Å²) >= 11 is 5.93. The Balaban J connectivity index is 0.000000741. The highest BCUT2D eigenvalue weighted by atomic mass is 35.5. The second-order valence-corrected chi connectivity index (χ2v) is 4.78. The number of hydrogen-bond acceptors (Lipinski definition) is 2. The summed E-state index contributed by atoms with van der Waals surface area (Å²) in [5.74, 6) is 0. The average Bonchev–Trinajstić information content (AvgIpc) is 2.47. The summed E-state index contributed by atoms with van der Waals surface area (Å²) in [6.07, 6.45) is 1.56. The molecule has 0 amide bonds. The molecule has 0 aliphatic carbocycles. The van der Waals surface area contributed by atoms with E-state index in [0.29, 0.717) is 5.02 Å². The second kappa shape index (κ2) is 9.35. The van der Waals surface area contributed by atoms with Gasteiger partial charge in [-0.15, -0.1) is 0 Å². The summed E-state index contributed by atoms with van der Waals surface area (Å²) in [5, 5.41) is 11.2. The third-order valence-corrected chi connectivity index (χ3v) is 3.41. The minimum absolute atomic E-state index is 0.683. The van der Waals surface area contributed by atoms with Crippen LogP contribution in [0.4, 0.5) is 0 Å². The minimum atomic E-state index is -0.683. The van der Waals surface area contributed by atoms with Crippen molar-refractivity contribution in [3.05, 3.63) is 34.9 Å². The van der Waals surface area contributed by atoms with Crippen LogP contribution in [-0.4, -0.2) is 30.1 Å². The van der Waals surface area contributed by atoms with Gasteiger partial charge in [0, 0.05) is 18.1 Å². The Kier molecular flexibility index (Phi) is 9.07. The minimum Gasteiger partial charge on any atom is -0.385 e. The molecule has 3 heteroatoms. The molecule has 0 spiro atoms. The van der Waals surface area contributed by atoms with Gasteiger partial charge in [0.2, 0.25) is 0 Å². The second-order valence-electron chi connectivity index (χ2n) is 4.35. The van der Waals surface area contributed by atoms with Crippen molar-refractivity contribution in [2.75, 3.05) is 20.1 Å². The maximum absolute atomic E-state index is 10.5. The maximum Gasteiger partial charge on any atom is 0.0921 e. The van der Waals surface area contributed by atoms with Crippen LogP contribution in [0.15, 0.2) is 24.3 Å². The number of nitrogens with zero attached hydrogens (tertiary/aromatic N) is 1. The quantitative estimate of drug-likeness (QED) is 0.831.